The van der Waals surface area contributed by atoms with Crippen molar-refractivity contribution >= 4 is 46.4 Å². The van der Waals surface area contributed by atoms with Gasteiger partial charge in [-0.25, -0.2) is 0 Å². The first kappa shape index (κ1) is 9.47. The van der Waals surface area contributed by atoms with Crippen LogP contribution in [0.25, 0.3) is 0 Å². The van der Waals surface area contributed by atoms with Gasteiger partial charge in [0.1, 0.15) is 0 Å². The Labute approximate surface area is 85.0 Å². The van der Waals surface area contributed by atoms with Gasteiger partial charge in [0.25, 0.3) is 0 Å². The van der Waals surface area contributed by atoms with Crippen LogP contribution in [0.15, 0.2) is 12.1 Å². The van der Waals surface area contributed by atoms with E-state index in [2.05, 4.69) is 0 Å². The fraction of sp³-hybridized carbons (Fsp3) is 0. The summed E-state index contributed by atoms with van der Waals surface area (Å²) in [6.07, 6.45) is 0. The lowest BCUT2D eigenvalue weighted by molar-refractivity contribution is 1.58. The van der Waals surface area contributed by atoms with Crippen molar-refractivity contribution in [1.82, 2.24) is 0 Å². The topological polar surface area (TPSA) is 0 Å². The molecule has 59 valence electrons. The van der Waals surface area contributed by atoms with E-state index in [-0.39, 0.29) is 0 Å². The lowest BCUT2D eigenvalue weighted by atomic mass is 10.2. The van der Waals surface area contributed by atoms with Crippen LogP contribution in [0.5, 0.6) is 0 Å². The summed E-state index contributed by atoms with van der Waals surface area (Å²) in [5, 5.41) is 1.37. The molecule has 1 radical (unpaired) electrons. The average molecular weight is 229 g/mol. The van der Waals surface area contributed by atoms with Crippen LogP contribution in [-0.2, 0) is 0 Å². The highest BCUT2D eigenvalue weighted by molar-refractivity contribution is 6.43. The average Bonchev–Trinajstić information content (AvgIpc) is 1.97. The predicted molar refractivity (Wildman–Crippen MR) is 50.7 cm³/mol. The largest absolute Gasteiger partial charge is 0.116 e. The Hall–Kier alpha value is 0.380. The minimum Gasteiger partial charge on any atom is -0.116 e. The standard InChI is InChI=1S/C7H3Cl4/c8-3-4-1-6(10)7(11)2-5(4)9/h1-3H. The quantitative estimate of drug-likeness (QED) is 0.626. The van der Waals surface area contributed by atoms with E-state index in [9.17, 15) is 0 Å². The highest BCUT2D eigenvalue weighted by Gasteiger charge is 2.04. The molecule has 0 heterocycles. The fourth-order valence-corrected chi connectivity index (χ4v) is 1.47. The second-order valence-electron chi connectivity index (χ2n) is 1.90. The van der Waals surface area contributed by atoms with E-state index in [4.69, 9.17) is 46.4 Å². The summed E-state index contributed by atoms with van der Waals surface area (Å²) < 4.78 is 0. The summed E-state index contributed by atoms with van der Waals surface area (Å²) in [5.74, 6) is 1.35. The first-order valence-corrected chi connectivity index (χ1v) is 4.30. The third-order valence-corrected chi connectivity index (χ3v) is 2.44. The van der Waals surface area contributed by atoms with Gasteiger partial charge in [-0.3, -0.25) is 0 Å². The molecule has 0 atom stereocenters. The molecule has 1 aromatic carbocycles. The predicted octanol–water partition coefficient (Wildman–Crippen LogP) is 4.40. The Balaban J connectivity index is 3.21. The normalized spacial score (nSPS) is 10.2. The first-order valence-electron chi connectivity index (χ1n) is 2.73. The highest BCUT2D eigenvalue weighted by Crippen LogP contribution is 2.30. The van der Waals surface area contributed by atoms with Crippen molar-refractivity contribution < 1.29 is 0 Å². The van der Waals surface area contributed by atoms with Gasteiger partial charge in [0, 0.05) is 5.02 Å². The van der Waals surface area contributed by atoms with Crippen LogP contribution in [0.4, 0.5) is 0 Å². The zero-order chi connectivity index (χ0) is 8.43. The van der Waals surface area contributed by atoms with Crippen LogP contribution in [0.3, 0.4) is 0 Å². The maximum Gasteiger partial charge on any atom is 0.0805 e. The highest BCUT2D eigenvalue weighted by atomic mass is 35.5. The van der Waals surface area contributed by atoms with E-state index >= 15 is 0 Å². The molecular formula is C7H3Cl4. The van der Waals surface area contributed by atoms with Crippen LogP contribution in [0.1, 0.15) is 5.56 Å². The monoisotopic (exact) mass is 227 g/mol. The molecule has 0 aliphatic rings. The molecule has 0 spiro atoms. The summed E-state index contributed by atoms with van der Waals surface area (Å²) in [7, 11) is 0. The van der Waals surface area contributed by atoms with E-state index in [0.29, 0.717) is 20.6 Å². The molecule has 0 aromatic heterocycles. The maximum atomic E-state index is 5.74. The van der Waals surface area contributed by atoms with Crippen LogP contribution < -0.4 is 0 Å². The van der Waals surface area contributed by atoms with Gasteiger partial charge in [0.05, 0.1) is 15.9 Å². The summed E-state index contributed by atoms with van der Waals surface area (Å²) >= 11 is 22.6. The lowest BCUT2D eigenvalue weighted by Gasteiger charge is -2.01. The number of halogens is 4. The van der Waals surface area contributed by atoms with E-state index in [1.54, 1.807) is 12.1 Å². The van der Waals surface area contributed by atoms with Crippen LogP contribution in [-0.4, -0.2) is 0 Å². The van der Waals surface area contributed by atoms with Crippen molar-refractivity contribution in [3.63, 3.8) is 0 Å². The molecule has 11 heavy (non-hydrogen) atoms. The second-order valence-corrected chi connectivity index (χ2v) is 3.34. The van der Waals surface area contributed by atoms with Crippen LogP contribution >= 0.6 is 46.4 Å². The molecule has 0 saturated carbocycles. The lowest BCUT2D eigenvalue weighted by Crippen LogP contribution is -1.78. The zero-order valence-corrected chi connectivity index (χ0v) is 8.27. The summed E-state index contributed by atoms with van der Waals surface area (Å²) in [5.41, 5.74) is 0.669. The summed E-state index contributed by atoms with van der Waals surface area (Å²) in [6, 6.07) is 3.17. The van der Waals surface area contributed by atoms with Gasteiger partial charge in [-0.2, -0.15) is 0 Å². The molecule has 1 aromatic rings. The number of rotatable bonds is 1. The van der Waals surface area contributed by atoms with Crippen LogP contribution in [0.2, 0.25) is 15.1 Å². The van der Waals surface area contributed by atoms with Crippen molar-refractivity contribution in [2.75, 3.05) is 0 Å². The van der Waals surface area contributed by atoms with Crippen molar-refractivity contribution in [2.45, 2.75) is 0 Å². The van der Waals surface area contributed by atoms with Crippen molar-refractivity contribution in [1.29, 1.82) is 0 Å². The first-order chi connectivity index (χ1) is 5.15. The van der Waals surface area contributed by atoms with Gasteiger partial charge in [0.2, 0.25) is 0 Å². The van der Waals surface area contributed by atoms with Gasteiger partial charge in [-0.05, 0) is 17.7 Å². The van der Waals surface area contributed by atoms with Crippen LogP contribution in [0, 0.1) is 5.88 Å². The summed E-state index contributed by atoms with van der Waals surface area (Å²) in [6.45, 7) is 0. The molecule has 0 bridgehead atoms. The smallest absolute Gasteiger partial charge is 0.0805 e. The Kier molecular flexibility index (Phi) is 3.32. The molecule has 0 amide bonds. The second kappa shape index (κ2) is 3.86. The molecule has 0 unspecified atom stereocenters. The zero-order valence-electron chi connectivity index (χ0n) is 5.24. The third kappa shape index (κ3) is 2.16. The third-order valence-electron chi connectivity index (χ3n) is 1.16. The molecule has 1 rings (SSSR count). The minimum absolute atomic E-state index is 0.430. The molecule has 0 nitrogen and oxygen atoms in total. The Bertz CT molecular complexity index is 269. The van der Waals surface area contributed by atoms with Gasteiger partial charge >= 0.3 is 0 Å². The van der Waals surface area contributed by atoms with Gasteiger partial charge in [0.15, 0.2) is 0 Å². The van der Waals surface area contributed by atoms with E-state index in [1.165, 1.54) is 5.88 Å². The van der Waals surface area contributed by atoms with E-state index < -0.39 is 0 Å². The van der Waals surface area contributed by atoms with Crippen molar-refractivity contribution in [3.05, 3.63) is 38.6 Å². The molecular weight excluding hydrogens is 226 g/mol. The fourth-order valence-electron chi connectivity index (χ4n) is 0.622. The van der Waals surface area contributed by atoms with Crippen molar-refractivity contribution in [3.8, 4) is 0 Å². The molecule has 0 aliphatic heterocycles. The molecule has 0 aliphatic carbocycles. The molecule has 0 saturated heterocycles. The molecule has 0 fully saturated rings. The molecule has 0 N–H and O–H groups in total. The Morgan fingerprint density at radius 2 is 1.45 bits per heavy atom. The minimum atomic E-state index is 0.430. The Morgan fingerprint density at radius 1 is 0.909 bits per heavy atom. The van der Waals surface area contributed by atoms with E-state index in [0.717, 1.165) is 0 Å². The Morgan fingerprint density at radius 3 is 2.00 bits per heavy atom. The number of hydrogen-bond donors (Lipinski definition) is 0. The van der Waals surface area contributed by atoms with E-state index in [1.807, 2.05) is 0 Å². The number of benzene rings is 1. The van der Waals surface area contributed by atoms with Crippen molar-refractivity contribution in [2.24, 2.45) is 0 Å². The van der Waals surface area contributed by atoms with Gasteiger partial charge in [-0.15, -0.1) is 11.6 Å². The van der Waals surface area contributed by atoms with Gasteiger partial charge < -0.3 is 0 Å². The summed E-state index contributed by atoms with van der Waals surface area (Å²) in [4.78, 5) is 0. The maximum absolute atomic E-state index is 5.74. The van der Waals surface area contributed by atoms with Gasteiger partial charge in [-0.1, -0.05) is 34.8 Å². The SMILES string of the molecule is Cl[CH]c1cc(Cl)c(Cl)cc1Cl. The molecule has 4 heteroatoms. The number of hydrogen-bond acceptors (Lipinski definition) is 0.